The minimum absolute atomic E-state index is 0.0622. The summed E-state index contributed by atoms with van der Waals surface area (Å²) < 4.78 is 41.0. The molecule has 0 radical (unpaired) electrons. The van der Waals surface area contributed by atoms with Crippen LogP contribution >= 0.6 is 11.3 Å². The van der Waals surface area contributed by atoms with Crippen molar-refractivity contribution in [3.63, 3.8) is 0 Å². The molecule has 0 saturated carbocycles. The molecule has 0 fully saturated rings. The van der Waals surface area contributed by atoms with E-state index in [-0.39, 0.29) is 11.4 Å². The number of carbonyl (C=O) groups is 1. The number of hydrogen-bond acceptors (Lipinski definition) is 4. The van der Waals surface area contributed by atoms with Gasteiger partial charge in [-0.25, -0.2) is 17.7 Å². The van der Waals surface area contributed by atoms with E-state index in [1.807, 2.05) is 6.92 Å². The molecule has 4 aromatic rings. The van der Waals surface area contributed by atoms with Crippen LogP contribution in [0.25, 0.3) is 16.3 Å². The number of benzene rings is 2. The Morgan fingerprint density at radius 3 is 2.55 bits per heavy atom. The molecule has 2 aromatic heterocycles. The van der Waals surface area contributed by atoms with Crippen molar-refractivity contribution >= 4 is 22.2 Å². The molecule has 0 unspecified atom stereocenters. The molecule has 148 valence electrons. The number of aryl methyl sites for hydroxylation is 1. The molecule has 0 aliphatic rings. The van der Waals surface area contributed by atoms with E-state index in [0.717, 1.165) is 28.3 Å². The molecule has 1 N–H and O–H groups in total. The minimum Gasteiger partial charge on any atom is -0.352 e. The van der Waals surface area contributed by atoms with E-state index in [2.05, 4.69) is 15.4 Å². The van der Waals surface area contributed by atoms with Crippen LogP contribution in [0.2, 0.25) is 0 Å². The number of rotatable bonds is 5. The van der Waals surface area contributed by atoms with Gasteiger partial charge in [-0.2, -0.15) is 4.98 Å². The van der Waals surface area contributed by atoms with Crippen LogP contribution in [-0.2, 0) is 6.42 Å². The molecule has 29 heavy (non-hydrogen) atoms. The lowest BCUT2D eigenvalue weighted by molar-refractivity contribution is 0.0953. The largest absolute Gasteiger partial charge is 0.352 e. The number of hydrogen-bond donors (Lipinski definition) is 1. The number of fused-ring (bicyclic) bond motifs is 1. The Morgan fingerprint density at radius 2 is 1.86 bits per heavy atom. The Morgan fingerprint density at radius 1 is 1.10 bits per heavy atom. The summed E-state index contributed by atoms with van der Waals surface area (Å²) in [5, 5.41) is 7.16. The number of amides is 1. The maximum Gasteiger partial charge on any atom is 0.251 e. The van der Waals surface area contributed by atoms with Crippen molar-refractivity contribution < 1.29 is 18.0 Å². The van der Waals surface area contributed by atoms with Crippen LogP contribution in [0.1, 0.15) is 20.9 Å². The number of nitrogens with one attached hydrogen (secondary N) is 1. The lowest BCUT2D eigenvalue weighted by atomic mass is 10.2. The maximum absolute atomic E-state index is 13.2. The van der Waals surface area contributed by atoms with E-state index in [0.29, 0.717) is 23.8 Å². The standard InChI is InChI=1S/C20H15F3N4OS/c1-11-17(8-9-24-19(28)13-4-7-15(22)16(23)10-13)29-20-25-18(26-27(11)20)12-2-5-14(21)6-3-12/h2-7,10H,8-9H2,1H3,(H,24,28). The van der Waals surface area contributed by atoms with Crippen molar-refractivity contribution in [1.29, 1.82) is 0 Å². The first-order valence-electron chi connectivity index (χ1n) is 8.76. The zero-order valence-corrected chi connectivity index (χ0v) is 16.1. The molecule has 9 heteroatoms. The van der Waals surface area contributed by atoms with Crippen molar-refractivity contribution in [3.05, 3.63) is 76.1 Å². The Kier molecular flexibility index (Phi) is 5.06. The summed E-state index contributed by atoms with van der Waals surface area (Å²) in [7, 11) is 0. The van der Waals surface area contributed by atoms with Gasteiger partial charge in [-0.1, -0.05) is 11.3 Å². The molecule has 5 nitrogen and oxygen atoms in total. The summed E-state index contributed by atoms with van der Waals surface area (Å²) >= 11 is 1.45. The number of aromatic nitrogens is 3. The van der Waals surface area contributed by atoms with E-state index in [4.69, 9.17) is 0 Å². The van der Waals surface area contributed by atoms with E-state index >= 15 is 0 Å². The van der Waals surface area contributed by atoms with Crippen LogP contribution in [0.3, 0.4) is 0 Å². The third kappa shape index (κ3) is 3.86. The van der Waals surface area contributed by atoms with Crippen LogP contribution in [0.5, 0.6) is 0 Å². The highest BCUT2D eigenvalue weighted by Crippen LogP contribution is 2.25. The van der Waals surface area contributed by atoms with Gasteiger partial charge in [-0.15, -0.1) is 5.10 Å². The highest BCUT2D eigenvalue weighted by Gasteiger charge is 2.15. The monoisotopic (exact) mass is 416 g/mol. The molecule has 1 amide bonds. The van der Waals surface area contributed by atoms with Gasteiger partial charge in [0, 0.05) is 29.0 Å². The smallest absolute Gasteiger partial charge is 0.251 e. The predicted octanol–water partition coefficient (Wildman–Crippen LogP) is 4.16. The molecule has 0 aliphatic heterocycles. The Labute approximate surface area is 167 Å². The first kappa shape index (κ1) is 19.1. The number of carbonyl (C=O) groups excluding carboxylic acids is 1. The average Bonchev–Trinajstić information content (AvgIpc) is 3.24. The topological polar surface area (TPSA) is 59.3 Å². The average molecular weight is 416 g/mol. The van der Waals surface area contributed by atoms with E-state index in [9.17, 15) is 18.0 Å². The Balaban J connectivity index is 1.44. The summed E-state index contributed by atoms with van der Waals surface area (Å²) in [5.41, 5.74) is 1.68. The molecule has 0 bridgehead atoms. The van der Waals surface area contributed by atoms with E-state index in [1.54, 1.807) is 16.6 Å². The summed E-state index contributed by atoms with van der Waals surface area (Å²) in [5.74, 6) is -2.33. The van der Waals surface area contributed by atoms with Gasteiger partial charge in [0.2, 0.25) is 4.96 Å². The highest BCUT2D eigenvalue weighted by molar-refractivity contribution is 7.17. The molecule has 2 heterocycles. The third-order valence-corrected chi connectivity index (χ3v) is 5.63. The SMILES string of the molecule is Cc1c(CCNC(=O)c2ccc(F)c(F)c2)sc2nc(-c3ccc(F)cc3)nn12. The van der Waals surface area contributed by atoms with Crippen molar-refractivity contribution in [2.24, 2.45) is 0 Å². The van der Waals surface area contributed by atoms with Crippen molar-refractivity contribution in [3.8, 4) is 11.4 Å². The van der Waals surface area contributed by atoms with Crippen LogP contribution in [-0.4, -0.2) is 27.0 Å². The molecule has 0 saturated heterocycles. The molecule has 0 aliphatic carbocycles. The highest BCUT2D eigenvalue weighted by atomic mass is 32.1. The van der Waals surface area contributed by atoms with Crippen molar-refractivity contribution in [2.45, 2.75) is 13.3 Å². The lowest BCUT2D eigenvalue weighted by Crippen LogP contribution is -2.25. The summed E-state index contributed by atoms with van der Waals surface area (Å²) in [6.07, 6.45) is 0.544. The molecular weight excluding hydrogens is 401 g/mol. The van der Waals surface area contributed by atoms with Gasteiger partial charge in [0.1, 0.15) is 5.82 Å². The molecule has 0 spiro atoms. The maximum atomic E-state index is 13.2. The number of halogens is 3. The minimum atomic E-state index is -1.06. The van der Waals surface area contributed by atoms with Crippen LogP contribution < -0.4 is 5.32 Å². The van der Waals surface area contributed by atoms with Gasteiger partial charge in [0.25, 0.3) is 5.91 Å². The summed E-state index contributed by atoms with van der Waals surface area (Å²) in [4.78, 5) is 18.3. The Bertz CT molecular complexity index is 1200. The van der Waals surface area contributed by atoms with E-state index < -0.39 is 17.5 Å². The Hall–Kier alpha value is -3.20. The third-order valence-electron chi connectivity index (χ3n) is 4.44. The molecule has 2 aromatic carbocycles. The molecule has 0 atom stereocenters. The predicted molar refractivity (Wildman–Crippen MR) is 103 cm³/mol. The zero-order chi connectivity index (χ0) is 20.5. The first-order valence-corrected chi connectivity index (χ1v) is 9.58. The van der Waals surface area contributed by atoms with Crippen molar-refractivity contribution in [1.82, 2.24) is 19.9 Å². The van der Waals surface area contributed by atoms with Crippen molar-refractivity contribution in [2.75, 3.05) is 6.54 Å². The van der Waals surface area contributed by atoms with Gasteiger partial charge in [-0.05, 0) is 49.4 Å². The first-order chi connectivity index (χ1) is 13.9. The second kappa shape index (κ2) is 7.67. The number of nitrogens with zero attached hydrogens (tertiary/aromatic N) is 3. The van der Waals surface area contributed by atoms with Crippen LogP contribution in [0.15, 0.2) is 42.5 Å². The van der Waals surface area contributed by atoms with Gasteiger partial charge in [-0.3, -0.25) is 4.79 Å². The zero-order valence-electron chi connectivity index (χ0n) is 15.2. The molecular formula is C20H15F3N4OS. The normalized spacial score (nSPS) is 11.2. The van der Waals surface area contributed by atoms with Crippen LogP contribution in [0, 0.1) is 24.4 Å². The summed E-state index contributed by atoms with van der Waals surface area (Å²) in [6, 6.07) is 9.00. The fourth-order valence-electron chi connectivity index (χ4n) is 2.87. The van der Waals surface area contributed by atoms with Gasteiger partial charge in [0.05, 0.1) is 5.69 Å². The van der Waals surface area contributed by atoms with E-state index in [1.165, 1.54) is 29.5 Å². The lowest BCUT2D eigenvalue weighted by Gasteiger charge is -2.05. The quantitative estimate of drug-likeness (QED) is 0.532. The van der Waals surface area contributed by atoms with Crippen LogP contribution in [0.4, 0.5) is 13.2 Å². The summed E-state index contributed by atoms with van der Waals surface area (Å²) in [6.45, 7) is 2.23. The van der Waals surface area contributed by atoms with Gasteiger partial charge < -0.3 is 5.32 Å². The van der Waals surface area contributed by atoms with Gasteiger partial charge in [0.15, 0.2) is 17.5 Å². The molecule has 4 rings (SSSR count). The van der Waals surface area contributed by atoms with Gasteiger partial charge >= 0.3 is 0 Å². The fourth-order valence-corrected chi connectivity index (χ4v) is 3.92. The second-order valence-corrected chi connectivity index (χ2v) is 7.44. The second-order valence-electron chi connectivity index (χ2n) is 6.38. The fraction of sp³-hybridized carbons (Fsp3) is 0.150. The number of thiazole rings is 1.